The van der Waals surface area contributed by atoms with Crippen molar-refractivity contribution in [1.29, 1.82) is 0 Å². The van der Waals surface area contributed by atoms with Crippen LogP contribution in [-0.2, 0) is 38.2 Å². The van der Waals surface area contributed by atoms with Gasteiger partial charge in [-0.3, -0.25) is 38.1 Å². The van der Waals surface area contributed by atoms with E-state index in [0.717, 1.165) is 55.2 Å². The number of carbonyl (C=O) groups is 4. The summed E-state index contributed by atoms with van der Waals surface area (Å²) in [5.41, 5.74) is 0.907. The summed E-state index contributed by atoms with van der Waals surface area (Å²) in [6, 6.07) is 21.1. The van der Waals surface area contributed by atoms with Gasteiger partial charge in [0.05, 0.1) is 22.2 Å². The summed E-state index contributed by atoms with van der Waals surface area (Å²) in [5.74, 6) is -38.5. The Balaban J connectivity index is 0.000000383. The van der Waals surface area contributed by atoms with Crippen molar-refractivity contribution in [1.82, 2.24) is 9.97 Å². The van der Waals surface area contributed by atoms with E-state index in [-0.39, 0.29) is 5.56 Å². The van der Waals surface area contributed by atoms with Crippen LogP contribution in [0.15, 0.2) is 103 Å². The van der Waals surface area contributed by atoms with Gasteiger partial charge in [0, 0.05) is 42.3 Å². The molecule has 0 aliphatic rings. The first-order valence-corrected chi connectivity index (χ1v) is 29.1. The number of imidazole rings is 1. The molecule has 47 heteroatoms. The highest BCUT2D eigenvalue weighted by Gasteiger charge is 2.87. The van der Waals surface area contributed by atoms with E-state index in [1.165, 1.54) is 18.2 Å². The number of aromatic nitrogens is 2. The number of anilines is 1. The largest absolute Gasteiger partial charge is 0.471 e. The SMILES string of the molecule is CCc1cccc(CC(=O)c2ccc(C(C)=O)c(OC(F)(F)C(F)(Br)OC(F)(F)C(F)(OC(F)(F)C(F)(F)C(F)(F)F)C(F)(F)F)c2)c1.CNc1ccc2nc(-c3ccc(CC(=O)c4ccc(C(C)=O)c(OC(F)(F)C(F)(Br)OC(F)(F)C(F)(OC(F)(F)C(F)(F)C(F)(F)F)C(F)(F)F)c4)cc3)[nH]c2c1. The van der Waals surface area contributed by atoms with Crippen LogP contribution < -0.4 is 14.8 Å². The number of ketones is 4. The number of benzene rings is 5. The topological polar surface area (TPSA) is 164 Å². The summed E-state index contributed by atoms with van der Waals surface area (Å²) in [4.78, 5) is 57.4. The molecule has 6 aromatic rings. The van der Waals surface area contributed by atoms with E-state index in [4.69, 9.17) is 0 Å². The molecule has 0 amide bonds. The van der Waals surface area contributed by atoms with E-state index in [9.17, 15) is 147 Å². The lowest BCUT2D eigenvalue weighted by atomic mass is 9.99. The molecule has 0 radical (unpaired) electrons. The highest BCUT2D eigenvalue weighted by atomic mass is 79.9. The van der Waals surface area contributed by atoms with Crippen molar-refractivity contribution in [2.24, 2.45) is 0 Å². The van der Waals surface area contributed by atoms with Crippen molar-refractivity contribution in [2.75, 3.05) is 12.4 Å². The van der Waals surface area contributed by atoms with Crippen molar-refractivity contribution >= 4 is 71.7 Å². The van der Waals surface area contributed by atoms with Crippen LogP contribution in [0.3, 0.4) is 0 Å². The Morgan fingerprint density at radius 3 is 1.16 bits per heavy atom. The van der Waals surface area contributed by atoms with Gasteiger partial charge in [0.2, 0.25) is 0 Å². The number of rotatable bonds is 29. The number of nitrogens with zero attached hydrogens (tertiary/aromatic N) is 1. The lowest BCUT2D eigenvalue weighted by Gasteiger charge is -2.40. The van der Waals surface area contributed by atoms with Gasteiger partial charge in [-0.1, -0.05) is 67.6 Å². The van der Waals surface area contributed by atoms with E-state index >= 15 is 13.2 Å². The highest BCUT2D eigenvalue weighted by molar-refractivity contribution is 9.10. The average molecular weight is 1700 g/mol. The van der Waals surface area contributed by atoms with Gasteiger partial charge in [0.15, 0.2) is 23.1 Å². The molecule has 0 fully saturated rings. The van der Waals surface area contributed by atoms with E-state index in [2.05, 4.69) is 34.2 Å². The molecule has 13 nitrogen and oxygen atoms in total. The van der Waals surface area contributed by atoms with E-state index in [1.807, 2.05) is 0 Å². The molecule has 0 aliphatic carbocycles. The Labute approximate surface area is 580 Å². The molecule has 0 saturated heterocycles. The Bertz CT molecular complexity index is 4160. The number of aromatic amines is 1. The number of ether oxygens (including phenoxy) is 6. The molecule has 6 rings (SSSR count). The summed E-state index contributed by atoms with van der Waals surface area (Å²) in [6.45, 7) is 3.08. The number of Topliss-reactive ketones (excluding diaryl/α,β-unsaturated/α-hetero) is 4. The molecule has 0 saturated carbocycles. The molecule has 105 heavy (non-hydrogen) atoms. The number of fused-ring (bicyclic) bond motifs is 1. The second-order valence-corrected chi connectivity index (χ2v) is 23.3. The Hall–Kier alpha value is -7.79. The molecule has 0 aliphatic heterocycles. The van der Waals surface area contributed by atoms with Gasteiger partial charge in [-0.05, 0) is 111 Å². The standard InChI is InChI=1S/C32H20BrF16N3O5.C26H17BrF16O5/c1-14(53)19-9-7-17(22(54)11-15-3-5-16(6-4-15)24-51-20-10-8-18(50-2)13-21(20)52-24)12-23(19)55-32(48,49)27(33,37)57-31(46,47)26(36,29(41,42)43)56-30(44,45)25(34,35)28(38,39)40;1-3-13-5-4-6-14(9-13)10-17(45)15-7-8-16(12(2)44)18(11-15)46-26(42,43)21(27,31)48-25(40,41)20(30,23(35,36)37)47-24(38,39)19(28,29)22(32,33)34/h3-10,12-13,50H,11H2,1-2H3,(H,51,52);4-9,11H,3,10H2,1-2H3. The molecule has 0 bridgehead atoms. The first-order valence-electron chi connectivity index (χ1n) is 27.5. The Kier molecular flexibility index (Phi) is 24.9. The second-order valence-electron chi connectivity index (χ2n) is 21.2. The quantitative estimate of drug-likeness (QED) is 0.0260. The van der Waals surface area contributed by atoms with Gasteiger partial charge in [-0.15, -0.1) is 0 Å². The molecule has 4 atom stereocenters. The number of carbonyl (C=O) groups excluding carboxylic acids is 4. The van der Waals surface area contributed by atoms with E-state index < -0.39 is 164 Å². The third-order valence-corrected chi connectivity index (χ3v) is 14.9. The predicted molar refractivity (Wildman–Crippen MR) is 298 cm³/mol. The zero-order chi connectivity index (χ0) is 80.9. The van der Waals surface area contributed by atoms with Crippen LogP contribution in [-0.4, -0.2) is 135 Å². The fourth-order valence-corrected chi connectivity index (χ4v) is 8.67. The van der Waals surface area contributed by atoms with Crippen molar-refractivity contribution in [3.63, 3.8) is 0 Å². The molecular formula is C58H37Br2F32N3O10. The van der Waals surface area contributed by atoms with E-state index in [1.54, 1.807) is 72.0 Å². The number of hydrogen-bond donors (Lipinski definition) is 2. The molecular weight excluding hydrogens is 1670 g/mol. The van der Waals surface area contributed by atoms with Crippen molar-refractivity contribution in [3.05, 3.63) is 142 Å². The molecule has 5 aromatic carbocycles. The number of nitrogens with one attached hydrogen (secondary N) is 2. The second kappa shape index (κ2) is 29.8. The Morgan fingerprint density at radius 2 is 0.810 bits per heavy atom. The fraction of sp³-hybridized carbons (Fsp3) is 0.397. The number of halogens is 34. The van der Waals surface area contributed by atoms with Crippen LogP contribution in [0.5, 0.6) is 11.5 Å². The van der Waals surface area contributed by atoms with Crippen molar-refractivity contribution in [3.8, 4) is 22.9 Å². The minimum Gasteiger partial charge on any atom is -0.427 e. The zero-order valence-corrected chi connectivity index (χ0v) is 54.5. The fourth-order valence-electron chi connectivity index (χ4n) is 8.10. The normalized spacial score (nSPS) is 15.9. The van der Waals surface area contributed by atoms with Crippen LogP contribution in [0.25, 0.3) is 22.4 Å². The maximum absolute atomic E-state index is 15.0. The van der Waals surface area contributed by atoms with Gasteiger partial charge in [-0.2, -0.15) is 140 Å². The molecule has 1 aromatic heterocycles. The van der Waals surface area contributed by atoms with Gasteiger partial charge < -0.3 is 19.8 Å². The van der Waals surface area contributed by atoms with Crippen molar-refractivity contribution < 1.29 is 188 Å². The highest BCUT2D eigenvalue weighted by Crippen LogP contribution is 2.60. The van der Waals surface area contributed by atoms with Crippen LogP contribution in [0.2, 0.25) is 0 Å². The van der Waals surface area contributed by atoms with Gasteiger partial charge in [-0.25, -0.2) is 4.98 Å². The van der Waals surface area contributed by atoms with Crippen LogP contribution in [0.1, 0.15) is 78.9 Å². The molecule has 4 unspecified atom stereocenters. The van der Waals surface area contributed by atoms with Crippen LogP contribution in [0, 0.1) is 0 Å². The third kappa shape index (κ3) is 18.4. The first-order chi connectivity index (χ1) is 47.1. The number of H-pyrrole nitrogens is 1. The van der Waals surface area contributed by atoms with E-state index in [0.29, 0.717) is 72.5 Å². The number of alkyl halides is 34. The molecule has 0 spiro atoms. The minimum atomic E-state index is -7.93. The maximum atomic E-state index is 15.0. The molecule has 2 N–H and O–H groups in total. The summed E-state index contributed by atoms with van der Waals surface area (Å²) in [5, 5.41) is 2.96. The molecule has 582 valence electrons. The monoisotopic (exact) mass is 1700 g/mol. The number of hydrogen-bond acceptors (Lipinski definition) is 12. The zero-order valence-electron chi connectivity index (χ0n) is 51.3. The maximum Gasteiger partial charge on any atom is 0.471 e. The smallest absolute Gasteiger partial charge is 0.427 e. The minimum absolute atomic E-state index is 0.278. The molecule has 1 heterocycles. The van der Waals surface area contributed by atoms with Crippen LogP contribution >= 0.6 is 31.9 Å². The van der Waals surface area contributed by atoms with Gasteiger partial charge in [0.1, 0.15) is 17.3 Å². The van der Waals surface area contributed by atoms with Crippen molar-refractivity contribution in [2.45, 2.75) is 134 Å². The van der Waals surface area contributed by atoms with Crippen LogP contribution in [0.4, 0.5) is 146 Å². The lowest BCUT2D eigenvalue weighted by Crippen LogP contribution is -2.67. The van der Waals surface area contributed by atoms with Gasteiger partial charge in [0.25, 0.3) is 0 Å². The Morgan fingerprint density at radius 1 is 0.429 bits per heavy atom. The number of aryl methyl sites for hydroxylation is 1. The summed E-state index contributed by atoms with van der Waals surface area (Å²) < 4.78 is 439. The lowest BCUT2D eigenvalue weighted by molar-refractivity contribution is -0.545. The average Bonchev–Trinajstić information content (AvgIpc) is 1.25. The summed E-state index contributed by atoms with van der Waals surface area (Å²) in [7, 11) is 1.71. The van der Waals surface area contributed by atoms with Gasteiger partial charge >= 0.3 is 94.4 Å². The summed E-state index contributed by atoms with van der Waals surface area (Å²) in [6.07, 6.45) is -74.9. The first kappa shape index (κ1) is 87.8. The predicted octanol–water partition coefficient (Wildman–Crippen LogP) is 20.0. The third-order valence-electron chi connectivity index (χ3n) is 13.6. The summed E-state index contributed by atoms with van der Waals surface area (Å²) >= 11 is 1.96.